The van der Waals surface area contributed by atoms with E-state index in [0.717, 1.165) is 83.8 Å². The van der Waals surface area contributed by atoms with Gasteiger partial charge in [0.2, 0.25) is 0 Å². The second kappa shape index (κ2) is 39.0. The summed E-state index contributed by atoms with van der Waals surface area (Å²) < 4.78 is 70.4. The molecule has 0 saturated heterocycles. The largest absolute Gasteiger partial charge is 0.340 e. The van der Waals surface area contributed by atoms with Crippen molar-refractivity contribution in [1.82, 2.24) is 41.2 Å². The van der Waals surface area contributed by atoms with Crippen molar-refractivity contribution in [3.8, 4) is 24.3 Å². The first-order valence-electron chi connectivity index (χ1n) is 37.2. The second-order valence-corrected chi connectivity index (χ2v) is 29.1. The first-order chi connectivity index (χ1) is 59.0. The van der Waals surface area contributed by atoms with Gasteiger partial charge in [0, 0.05) is 72.4 Å². The molecule has 0 saturated carbocycles. The van der Waals surface area contributed by atoms with Crippen molar-refractivity contribution in [3.63, 3.8) is 0 Å². The lowest BCUT2D eigenvalue weighted by Gasteiger charge is -2.21. The number of rotatable bonds is 16. The van der Waals surface area contributed by atoms with Gasteiger partial charge in [-0.05, 0) is 203 Å². The molecular formula is C97H61Cl4F5N12O4. The van der Waals surface area contributed by atoms with Crippen LogP contribution in [-0.4, -0.2) is 43.6 Å². The number of hydrogen-bond acceptors (Lipinski definition) is 12. The molecule has 4 heterocycles. The molecule has 25 heteroatoms. The van der Waals surface area contributed by atoms with Crippen LogP contribution in [-0.2, 0) is 0 Å². The fourth-order valence-corrected chi connectivity index (χ4v) is 13.6. The van der Waals surface area contributed by atoms with E-state index in [9.17, 15) is 41.1 Å². The van der Waals surface area contributed by atoms with Crippen molar-refractivity contribution in [2.24, 2.45) is 0 Å². The summed E-state index contributed by atoms with van der Waals surface area (Å²) >= 11 is 23.7. The summed E-state index contributed by atoms with van der Waals surface area (Å²) in [7, 11) is 0. The van der Waals surface area contributed by atoms with Crippen LogP contribution in [0.25, 0.3) is 43.2 Å². The van der Waals surface area contributed by atoms with Crippen LogP contribution >= 0.6 is 46.4 Å². The molecule has 16 aromatic rings. The molecule has 122 heavy (non-hydrogen) atoms. The Kier molecular flexibility index (Phi) is 27.1. The van der Waals surface area contributed by atoms with E-state index in [1.165, 1.54) is 60.7 Å². The molecule has 0 aliphatic heterocycles. The first-order valence-corrected chi connectivity index (χ1v) is 38.7. The van der Waals surface area contributed by atoms with Crippen LogP contribution in [0.15, 0.2) is 304 Å². The van der Waals surface area contributed by atoms with E-state index in [0.29, 0.717) is 49.4 Å². The van der Waals surface area contributed by atoms with Gasteiger partial charge in [-0.1, -0.05) is 180 Å². The average molecular weight is 1700 g/mol. The molecule has 0 bridgehead atoms. The van der Waals surface area contributed by atoms with Crippen molar-refractivity contribution in [3.05, 3.63) is 448 Å². The topological polar surface area (TPSA) is 263 Å². The fraction of sp³-hybridized carbons (Fsp3) is 0.0515. The standard InChI is InChI=1S/C25H18ClN3O.2C24H14ClF2N3O.C24H15ClFN3O/c1-16-12-19(6-7-20(16)14-27)25(30)29-24(17-8-10-22(26)11-9-17)23-13-18-4-2-3-5-21(18)15-28-23;25-19-8-7-15(9-21(19)27)23(22-11-14-3-1-2-4-18(14)13-29-22)30-24(31)16-5-6-17(12-28)20(26)10-16;25-19-8-7-15(11-21(19)27)22(23-18-4-2-1-3-14(18)9-10-29-23)30-24(31)16-5-6-17(13-28)20(26)12-16;25-19-10-7-16(8-11-19)23(22-12-9-15-3-1-2-4-21(15)28-22)29-24(30)17-5-6-18(14-27)20(26)13-17/h2-13,15,24H,1H3,(H,29,30);1-11,13,23H,(H,30,31);1-12,22H,(H,30,31);1-13,23H,(H,29,30)/t24-;23-;22-;23-/m0000/s1. The normalized spacial score (nSPS) is 11.7. The molecule has 0 radical (unpaired) electrons. The summed E-state index contributed by atoms with van der Waals surface area (Å²) in [5.41, 5.74) is 7.18. The molecule has 4 amide bonds. The Bertz CT molecular complexity index is 6690. The molecule has 0 unspecified atom stereocenters. The Balaban J connectivity index is 0.000000140. The minimum atomic E-state index is -0.830. The molecule has 0 fully saturated rings. The number of nitriles is 4. The smallest absolute Gasteiger partial charge is 0.252 e. The number of carbonyl (C=O) groups excluding carboxylic acids is 4. The number of hydrogen-bond donors (Lipinski definition) is 4. The number of pyridine rings is 4. The SMILES string of the molecule is Cc1cc(C(=O)N[C@@H](c2ccc(Cl)cc2)c2cc3ccccc3cn2)ccc1C#N.N#Cc1ccc(C(=O)N[C@@H](c2ccc(Cl)c(F)c2)c2cc3ccccc3cn2)cc1F.N#Cc1ccc(C(=O)N[C@@H](c2ccc(Cl)c(F)c2)c2nccc3ccccc23)cc1F.N#Cc1ccc(C(=O)N[C@@H](c2ccc(Cl)cc2)c2ccc3ccccc3n2)cc1F. The molecule has 4 atom stereocenters. The minimum Gasteiger partial charge on any atom is -0.340 e. The Hall–Kier alpha value is -15.1. The molecule has 0 aliphatic rings. The molecule has 596 valence electrons. The lowest BCUT2D eigenvalue weighted by Crippen LogP contribution is -2.30. The number of aryl methyl sites for hydroxylation is 1. The van der Waals surface area contributed by atoms with Crippen LogP contribution in [0.5, 0.6) is 0 Å². The number of benzene rings is 12. The Morgan fingerprint density at radius 1 is 0.328 bits per heavy atom. The highest BCUT2D eigenvalue weighted by atomic mass is 35.5. The fourth-order valence-electron chi connectivity index (χ4n) is 13.1. The highest BCUT2D eigenvalue weighted by molar-refractivity contribution is 6.31. The molecule has 0 aliphatic carbocycles. The zero-order chi connectivity index (χ0) is 86.1. The van der Waals surface area contributed by atoms with Gasteiger partial charge >= 0.3 is 0 Å². The van der Waals surface area contributed by atoms with Gasteiger partial charge in [0.15, 0.2) is 0 Å². The summed E-state index contributed by atoms with van der Waals surface area (Å²) in [6.07, 6.45) is 5.08. The number of amides is 4. The average Bonchev–Trinajstić information content (AvgIpc) is 0.799. The first kappa shape index (κ1) is 84.8. The number of nitrogens with one attached hydrogen (secondary N) is 4. The lowest BCUT2D eigenvalue weighted by molar-refractivity contribution is 0.0934. The zero-order valence-corrected chi connectivity index (χ0v) is 66.8. The Labute approximate surface area is 715 Å². The number of fused-ring (bicyclic) bond motifs is 4. The molecule has 16 nitrogen and oxygen atoms in total. The van der Waals surface area contributed by atoms with E-state index < -0.39 is 71.0 Å². The van der Waals surface area contributed by atoms with Crippen LogP contribution in [0.3, 0.4) is 0 Å². The Morgan fingerprint density at radius 2 is 0.697 bits per heavy atom. The third-order valence-electron chi connectivity index (χ3n) is 19.5. The van der Waals surface area contributed by atoms with Crippen LogP contribution < -0.4 is 21.3 Å². The number of nitrogens with zero attached hydrogens (tertiary/aromatic N) is 8. The van der Waals surface area contributed by atoms with E-state index in [4.69, 9.17) is 72.4 Å². The summed E-state index contributed by atoms with van der Waals surface area (Å²) in [6.45, 7) is 1.82. The van der Waals surface area contributed by atoms with Crippen molar-refractivity contribution in [2.45, 2.75) is 31.1 Å². The van der Waals surface area contributed by atoms with E-state index in [1.54, 1.807) is 91.3 Å². The highest BCUT2D eigenvalue weighted by Crippen LogP contribution is 2.34. The van der Waals surface area contributed by atoms with Gasteiger partial charge in [-0.25, -0.2) is 22.0 Å². The van der Waals surface area contributed by atoms with Gasteiger partial charge < -0.3 is 21.3 Å². The molecular weight excluding hydrogens is 1630 g/mol. The van der Waals surface area contributed by atoms with Crippen molar-refractivity contribution in [1.29, 1.82) is 21.0 Å². The van der Waals surface area contributed by atoms with Crippen LogP contribution in [0.1, 0.15) is 138 Å². The second-order valence-electron chi connectivity index (χ2n) is 27.4. The summed E-state index contributed by atoms with van der Waals surface area (Å²) in [5.74, 6) is -5.52. The van der Waals surface area contributed by atoms with Crippen LogP contribution in [0.4, 0.5) is 22.0 Å². The van der Waals surface area contributed by atoms with Crippen molar-refractivity contribution >= 4 is 113 Å². The molecule has 12 aromatic carbocycles. The summed E-state index contributed by atoms with van der Waals surface area (Å²) in [4.78, 5) is 69.9. The van der Waals surface area contributed by atoms with Crippen molar-refractivity contribution in [2.75, 3.05) is 0 Å². The number of carbonyl (C=O) groups is 4. The van der Waals surface area contributed by atoms with Gasteiger partial charge in [-0.2, -0.15) is 21.0 Å². The summed E-state index contributed by atoms with van der Waals surface area (Å²) in [5, 5.41) is 55.0. The highest BCUT2D eigenvalue weighted by Gasteiger charge is 2.27. The zero-order valence-electron chi connectivity index (χ0n) is 63.8. The van der Waals surface area contributed by atoms with Gasteiger partial charge in [0.1, 0.15) is 47.3 Å². The number of aromatic nitrogens is 4. The van der Waals surface area contributed by atoms with Gasteiger partial charge in [-0.3, -0.25) is 39.1 Å². The number of halogens is 9. The maximum absolute atomic E-state index is 14.2. The maximum Gasteiger partial charge on any atom is 0.252 e. The Morgan fingerprint density at radius 3 is 1.13 bits per heavy atom. The number of para-hydroxylation sites is 1. The summed E-state index contributed by atoms with van der Waals surface area (Å²) in [6, 6.07) is 83.6. The van der Waals surface area contributed by atoms with E-state index in [2.05, 4.69) is 42.3 Å². The minimum absolute atomic E-state index is 0.0242. The third-order valence-corrected chi connectivity index (χ3v) is 20.6. The third kappa shape index (κ3) is 20.4. The van der Waals surface area contributed by atoms with E-state index in [-0.39, 0.29) is 49.3 Å². The van der Waals surface area contributed by atoms with Gasteiger partial charge in [0.05, 0.1) is 90.8 Å². The van der Waals surface area contributed by atoms with E-state index in [1.807, 2.05) is 159 Å². The van der Waals surface area contributed by atoms with E-state index >= 15 is 0 Å². The van der Waals surface area contributed by atoms with Crippen LogP contribution in [0.2, 0.25) is 20.1 Å². The molecule has 4 aromatic heterocycles. The predicted octanol–water partition coefficient (Wildman–Crippen LogP) is 22.1. The predicted molar refractivity (Wildman–Crippen MR) is 459 cm³/mol. The quantitative estimate of drug-likeness (QED) is 0.0658. The lowest BCUT2D eigenvalue weighted by atomic mass is 9.98. The van der Waals surface area contributed by atoms with Gasteiger partial charge in [-0.15, -0.1) is 0 Å². The van der Waals surface area contributed by atoms with Gasteiger partial charge in [0.25, 0.3) is 23.6 Å². The monoisotopic (exact) mass is 1690 g/mol. The van der Waals surface area contributed by atoms with Crippen LogP contribution in [0, 0.1) is 81.3 Å². The molecule has 4 N–H and O–H groups in total. The van der Waals surface area contributed by atoms with Crippen molar-refractivity contribution < 1.29 is 41.1 Å². The molecule has 0 spiro atoms. The maximum atomic E-state index is 14.2. The molecule has 16 rings (SSSR count).